The van der Waals surface area contributed by atoms with Crippen LogP contribution in [0.5, 0.6) is 5.75 Å². The number of anilines is 1. The zero-order chi connectivity index (χ0) is 21.1. The first-order chi connectivity index (χ1) is 14.6. The molecule has 0 aliphatic heterocycles. The zero-order valence-electron chi connectivity index (χ0n) is 17.0. The molecule has 8 heteroatoms. The van der Waals surface area contributed by atoms with Crippen LogP contribution < -0.4 is 9.46 Å². The molecule has 0 fully saturated rings. The molecular formula is C22H28N4O3S. The van der Waals surface area contributed by atoms with Gasteiger partial charge in [-0.2, -0.15) is 5.10 Å². The minimum Gasteiger partial charge on any atom is -0.494 e. The molecule has 30 heavy (non-hydrogen) atoms. The molecule has 7 nitrogen and oxygen atoms in total. The first-order valence-electron chi connectivity index (χ1n) is 10.3. The SMILES string of the molecule is O=S(=O)(Nc1ccc(OCCCCCCCCn2cncn2)cc1)c1ccccc1. The van der Waals surface area contributed by atoms with Crippen molar-refractivity contribution in [3.05, 3.63) is 67.3 Å². The summed E-state index contributed by atoms with van der Waals surface area (Å²) >= 11 is 0. The third-order valence-corrected chi connectivity index (χ3v) is 6.07. The molecule has 1 heterocycles. The Kier molecular flexibility index (Phi) is 8.26. The monoisotopic (exact) mass is 428 g/mol. The van der Waals surface area contributed by atoms with E-state index in [-0.39, 0.29) is 4.90 Å². The number of benzene rings is 2. The highest BCUT2D eigenvalue weighted by Crippen LogP contribution is 2.20. The number of nitrogens with zero attached hydrogens (tertiary/aromatic N) is 3. The number of hydrogen-bond donors (Lipinski definition) is 1. The molecule has 0 spiro atoms. The second-order valence-electron chi connectivity index (χ2n) is 7.07. The fraction of sp³-hybridized carbons (Fsp3) is 0.364. The average Bonchev–Trinajstić information content (AvgIpc) is 3.28. The molecular weight excluding hydrogens is 400 g/mol. The number of nitrogens with one attached hydrogen (secondary N) is 1. The van der Waals surface area contributed by atoms with Crippen molar-refractivity contribution in [1.29, 1.82) is 0 Å². The van der Waals surface area contributed by atoms with E-state index in [4.69, 9.17) is 4.74 Å². The number of aromatic nitrogens is 3. The number of sulfonamides is 1. The van der Waals surface area contributed by atoms with Crippen molar-refractivity contribution >= 4 is 15.7 Å². The van der Waals surface area contributed by atoms with Crippen LogP contribution in [0.15, 0.2) is 72.1 Å². The maximum absolute atomic E-state index is 12.3. The number of rotatable bonds is 13. The average molecular weight is 429 g/mol. The molecule has 1 N–H and O–H groups in total. The molecule has 0 aliphatic rings. The highest BCUT2D eigenvalue weighted by molar-refractivity contribution is 7.92. The molecule has 0 amide bonds. The van der Waals surface area contributed by atoms with E-state index < -0.39 is 10.0 Å². The predicted molar refractivity (Wildman–Crippen MR) is 117 cm³/mol. The van der Waals surface area contributed by atoms with Gasteiger partial charge >= 0.3 is 0 Å². The predicted octanol–water partition coefficient (Wildman–Crippen LogP) is 4.50. The number of unbranched alkanes of at least 4 members (excludes halogenated alkanes) is 5. The topological polar surface area (TPSA) is 86.1 Å². The van der Waals surface area contributed by atoms with Gasteiger partial charge in [0.25, 0.3) is 10.0 Å². The summed E-state index contributed by atoms with van der Waals surface area (Å²) in [6, 6.07) is 15.3. The summed E-state index contributed by atoms with van der Waals surface area (Å²) in [5, 5.41) is 4.10. The Bertz CT molecular complexity index is 959. The van der Waals surface area contributed by atoms with Gasteiger partial charge in [-0.3, -0.25) is 9.40 Å². The molecule has 0 aliphatic carbocycles. The maximum Gasteiger partial charge on any atom is 0.261 e. The van der Waals surface area contributed by atoms with Crippen LogP contribution in [0.1, 0.15) is 38.5 Å². The smallest absolute Gasteiger partial charge is 0.261 e. The minimum atomic E-state index is -3.57. The van der Waals surface area contributed by atoms with Crippen molar-refractivity contribution in [3.63, 3.8) is 0 Å². The summed E-state index contributed by atoms with van der Waals surface area (Å²) in [6.45, 7) is 1.59. The van der Waals surface area contributed by atoms with Gasteiger partial charge < -0.3 is 4.74 Å². The van der Waals surface area contributed by atoms with Crippen LogP contribution in [0.4, 0.5) is 5.69 Å². The van der Waals surface area contributed by atoms with E-state index in [9.17, 15) is 8.42 Å². The fourth-order valence-corrected chi connectivity index (χ4v) is 4.13. The van der Waals surface area contributed by atoms with Gasteiger partial charge in [-0.1, -0.05) is 43.9 Å². The lowest BCUT2D eigenvalue weighted by molar-refractivity contribution is 0.304. The van der Waals surface area contributed by atoms with Gasteiger partial charge in [0.1, 0.15) is 18.4 Å². The summed E-state index contributed by atoms with van der Waals surface area (Å²) in [4.78, 5) is 4.18. The quantitative estimate of drug-likeness (QED) is 0.405. The summed E-state index contributed by atoms with van der Waals surface area (Å²) in [5.74, 6) is 0.741. The molecule has 0 unspecified atom stereocenters. The molecule has 0 radical (unpaired) electrons. The lowest BCUT2D eigenvalue weighted by Gasteiger charge is -2.10. The normalized spacial score (nSPS) is 11.3. The van der Waals surface area contributed by atoms with Gasteiger partial charge in [0.2, 0.25) is 0 Å². The highest BCUT2D eigenvalue weighted by Gasteiger charge is 2.13. The van der Waals surface area contributed by atoms with Gasteiger partial charge in [0, 0.05) is 12.2 Å². The highest BCUT2D eigenvalue weighted by atomic mass is 32.2. The molecule has 2 aromatic carbocycles. The van der Waals surface area contributed by atoms with Crippen molar-refractivity contribution in [2.45, 2.75) is 50.0 Å². The van der Waals surface area contributed by atoms with Crippen LogP contribution >= 0.6 is 0 Å². The van der Waals surface area contributed by atoms with E-state index >= 15 is 0 Å². The summed E-state index contributed by atoms with van der Waals surface area (Å²) < 4.78 is 34.9. The fourth-order valence-electron chi connectivity index (χ4n) is 3.05. The van der Waals surface area contributed by atoms with Crippen molar-refractivity contribution in [3.8, 4) is 5.75 Å². The molecule has 1 aromatic heterocycles. The Morgan fingerprint density at radius 3 is 2.27 bits per heavy atom. The third-order valence-electron chi connectivity index (χ3n) is 4.68. The zero-order valence-corrected chi connectivity index (χ0v) is 17.8. The Morgan fingerprint density at radius 2 is 1.57 bits per heavy atom. The molecule has 0 atom stereocenters. The molecule has 0 saturated carbocycles. The van der Waals surface area contributed by atoms with E-state index in [2.05, 4.69) is 14.8 Å². The number of aryl methyl sites for hydroxylation is 1. The minimum absolute atomic E-state index is 0.240. The lowest BCUT2D eigenvalue weighted by Crippen LogP contribution is -2.12. The summed E-state index contributed by atoms with van der Waals surface area (Å²) in [7, 11) is -3.57. The van der Waals surface area contributed by atoms with Gasteiger partial charge in [-0.15, -0.1) is 0 Å². The Hall–Kier alpha value is -2.87. The van der Waals surface area contributed by atoms with Crippen LogP contribution in [0, 0.1) is 0 Å². The van der Waals surface area contributed by atoms with Gasteiger partial charge in [-0.05, 0) is 49.2 Å². The Labute approximate surface area is 178 Å². The van der Waals surface area contributed by atoms with Crippen LogP contribution in [0.3, 0.4) is 0 Å². The van der Waals surface area contributed by atoms with E-state index in [0.29, 0.717) is 12.3 Å². The Morgan fingerprint density at radius 1 is 0.867 bits per heavy atom. The largest absolute Gasteiger partial charge is 0.494 e. The van der Waals surface area contributed by atoms with Crippen molar-refractivity contribution in [1.82, 2.24) is 14.8 Å². The van der Waals surface area contributed by atoms with Crippen LogP contribution in [-0.4, -0.2) is 29.8 Å². The molecule has 160 valence electrons. The van der Waals surface area contributed by atoms with Gasteiger partial charge in [-0.25, -0.2) is 13.4 Å². The lowest BCUT2D eigenvalue weighted by atomic mass is 10.1. The molecule has 0 saturated heterocycles. The summed E-state index contributed by atoms with van der Waals surface area (Å²) in [5.41, 5.74) is 0.511. The van der Waals surface area contributed by atoms with E-state index in [1.54, 1.807) is 67.3 Å². The molecule has 3 rings (SSSR count). The first-order valence-corrected chi connectivity index (χ1v) is 11.7. The van der Waals surface area contributed by atoms with Crippen molar-refractivity contribution in [2.24, 2.45) is 0 Å². The van der Waals surface area contributed by atoms with E-state index in [0.717, 1.165) is 31.6 Å². The maximum atomic E-state index is 12.3. The van der Waals surface area contributed by atoms with E-state index in [1.165, 1.54) is 19.3 Å². The van der Waals surface area contributed by atoms with Crippen molar-refractivity contribution < 1.29 is 13.2 Å². The van der Waals surface area contributed by atoms with Crippen molar-refractivity contribution in [2.75, 3.05) is 11.3 Å². The molecule has 3 aromatic rings. The molecule has 0 bridgehead atoms. The van der Waals surface area contributed by atoms with Gasteiger partial charge in [0.15, 0.2) is 0 Å². The Balaban J connectivity index is 1.28. The van der Waals surface area contributed by atoms with Gasteiger partial charge in [0.05, 0.1) is 11.5 Å². The van der Waals surface area contributed by atoms with Crippen LogP contribution in [0.25, 0.3) is 0 Å². The standard InChI is InChI=1S/C22H28N4O3S/c27-30(28,22-10-6-5-7-11-22)25-20-12-14-21(15-13-20)29-17-9-4-2-1-3-8-16-26-19-23-18-24-26/h5-7,10-15,18-19,25H,1-4,8-9,16-17H2. The number of hydrogen-bond acceptors (Lipinski definition) is 5. The first kappa shape index (κ1) is 21.8. The van der Waals surface area contributed by atoms with Crippen LogP contribution in [-0.2, 0) is 16.6 Å². The number of ether oxygens (including phenoxy) is 1. The second-order valence-corrected chi connectivity index (χ2v) is 8.75. The van der Waals surface area contributed by atoms with E-state index in [1.807, 2.05) is 4.68 Å². The summed E-state index contributed by atoms with van der Waals surface area (Å²) in [6.07, 6.45) is 10.2. The third kappa shape index (κ3) is 7.18. The van der Waals surface area contributed by atoms with Crippen LogP contribution in [0.2, 0.25) is 0 Å². The second kappa shape index (κ2) is 11.3.